The molecule has 1 heterocycles. The lowest BCUT2D eigenvalue weighted by molar-refractivity contribution is 0.222. The quantitative estimate of drug-likeness (QED) is 0.525. The number of sulfonamides is 1. The highest BCUT2D eigenvalue weighted by Gasteiger charge is 2.29. The van der Waals surface area contributed by atoms with Crippen molar-refractivity contribution in [3.63, 3.8) is 0 Å². The number of likely N-dealkylation sites (N-methyl/N-ethyl adjacent to an activating group) is 1. The molecule has 0 unspecified atom stereocenters. The lowest BCUT2D eigenvalue weighted by Crippen LogP contribution is -2.47. The van der Waals surface area contributed by atoms with Crippen molar-refractivity contribution in [3.8, 4) is 0 Å². The van der Waals surface area contributed by atoms with Gasteiger partial charge in [0.2, 0.25) is 10.0 Å². The van der Waals surface area contributed by atoms with Crippen LogP contribution in [0.5, 0.6) is 0 Å². The Hall–Kier alpha value is -2.42. The van der Waals surface area contributed by atoms with Crippen LogP contribution in [0, 0.1) is 0 Å². The van der Waals surface area contributed by atoms with Crippen molar-refractivity contribution in [2.45, 2.75) is 24.9 Å². The highest BCUT2D eigenvalue weighted by Crippen LogP contribution is 2.22. The molecule has 1 fully saturated rings. The standard InChI is InChI=1S/C23H33N5O2S/c1-4-24-23(27(3)19-20-10-6-5-7-11-20)25-18-21-12-8-9-13-22(21)31(29,30)28-16-14-26(2)15-17-28/h5-13H,4,14-19H2,1-3H3,(H,24,25). The van der Waals surface area contributed by atoms with E-state index in [1.54, 1.807) is 16.4 Å². The zero-order chi connectivity index (χ0) is 22.3. The number of nitrogens with one attached hydrogen (secondary N) is 1. The first-order valence-electron chi connectivity index (χ1n) is 10.7. The molecule has 0 radical (unpaired) electrons. The summed E-state index contributed by atoms with van der Waals surface area (Å²) in [5, 5.41) is 3.31. The summed E-state index contributed by atoms with van der Waals surface area (Å²) in [5.74, 6) is 0.748. The first-order chi connectivity index (χ1) is 14.9. The van der Waals surface area contributed by atoms with Crippen molar-refractivity contribution >= 4 is 16.0 Å². The van der Waals surface area contributed by atoms with Gasteiger partial charge in [0.25, 0.3) is 0 Å². The van der Waals surface area contributed by atoms with Gasteiger partial charge in [0.1, 0.15) is 0 Å². The average molecular weight is 444 g/mol. The van der Waals surface area contributed by atoms with E-state index in [0.717, 1.165) is 25.6 Å². The Bertz CT molecular complexity index is 970. The van der Waals surface area contributed by atoms with Gasteiger partial charge in [-0.1, -0.05) is 48.5 Å². The normalized spacial score (nSPS) is 16.3. The summed E-state index contributed by atoms with van der Waals surface area (Å²) in [5.41, 5.74) is 1.90. The van der Waals surface area contributed by atoms with Gasteiger partial charge in [-0.25, -0.2) is 13.4 Å². The second-order valence-corrected chi connectivity index (χ2v) is 9.73. The van der Waals surface area contributed by atoms with Gasteiger partial charge in [-0.05, 0) is 31.2 Å². The fraction of sp³-hybridized carbons (Fsp3) is 0.435. The molecule has 1 aliphatic heterocycles. The van der Waals surface area contributed by atoms with Crippen LogP contribution in [0.1, 0.15) is 18.1 Å². The number of aliphatic imine (C=N–C) groups is 1. The average Bonchev–Trinajstić information content (AvgIpc) is 2.77. The molecule has 2 aromatic rings. The summed E-state index contributed by atoms with van der Waals surface area (Å²) in [4.78, 5) is 9.30. The van der Waals surface area contributed by atoms with E-state index in [2.05, 4.69) is 27.2 Å². The predicted molar refractivity (Wildman–Crippen MR) is 125 cm³/mol. The molecule has 0 spiro atoms. The number of nitrogens with zero attached hydrogens (tertiary/aromatic N) is 4. The van der Waals surface area contributed by atoms with Crippen LogP contribution in [-0.2, 0) is 23.1 Å². The predicted octanol–water partition coefficient (Wildman–Crippen LogP) is 2.22. The van der Waals surface area contributed by atoms with Crippen molar-refractivity contribution in [1.29, 1.82) is 0 Å². The Morgan fingerprint density at radius 3 is 2.35 bits per heavy atom. The molecule has 3 rings (SSSR count). The van der Waals surface area contributed by atoms with Crippen LogP contribution in [0.15, 0.2) is 64.5 Å². The summed E-state index contributed by atoms with van der Waals surface area (Å²) in [6, 6.07) is 17.4. The second-order valence-electron chi connectivity index (χ2n) is 7.83. The van der Waals surface area contributed by atoms with Gasteiger partial charge in [-0.3, -0.25) is 0 Å². The van der Waals surface area contributed by atoms with E-state index in [-0.39, 0.29) is 0 Å². The number of hydrogen-bond acceptors (Lipinski definition) is 4. The van der Waals surface area contributed by atoms with Gasteiger partial charge >= 0.3 is 0 Å². The Morgan fingerprint density at radius 1 is 1.03 bits per heavy atom. The fourth-order valence-corrected chi connectivity index (χ4v) is 5.25. The molecule has 7 nitrogen and oxygen atoms in total. The Balaban J connectivity index is 1.80. The number of guanidine groups is 1. The van der Waals surface area contributed by atoms with Crippen LogP contribution in [0.2, 0.25) is 0 Å². The molecule has 8 heteroatoms. The molecule has 0 amide bonds. The molecule has 0 bridgehead atoms. The number of rotatable bonds is 7. The van der Waals surface area contributed by atoms with Gasteiger partial charge in [0.15, 0.2) is 5.96 Å². The summed E-state index contributed by atoms with van der Waals surface area (Å²) in [6.45, 7) is 6.29. The van der Waals surface area contributed by atoms with E-state index in [1.165, 1.54) is 5.56 Å². The van der Waals surface area contributed by atoms with Gasteiger partial charge in [0.05, 0.1) is 11.4 Å². The van der Waals surface area contributed by atoms with E-state index in [4.69, 9.17) is 4.99 Å². The third-order valence-corrected chi connectivity index (χ3v) is 7.41. The smallest absolute Gasteiger partial charge is 0.243 e. The number of piperazine rings is 1. The largest absolute Gasteiger partial charge is 0.357 e. The first kappa shape index (κ1) is 23.2. The number of benzene rings is 2. The van der Waals surface area contributed by atoms with Crippen molar-refractivity contribution in [2.24, 2.45) is 4.99 Å². The maximum absolute atomic E-state index is 13.3. The maximum atomic E-state index is 13.3. The molecule has 0 saturated carbocycles. The Labute approximate surface area is 186 Å². The first-order valence-corrected chi connectivity index (χ1v) is 12.2. The summed E-state index contributed by atoms with van der Waals surface area (Å²) < 4.78 is 28.2. The van der Waals surface area contributed by atoms with Crippen LogP contribution < -0.4 is 5.32 Å². The molecule has 1 N–H and O–H groups in total. The minimum Gasteiger partial charge on any atom is -0.357 e. The molecule has 1 aliphatic rings. The van der Waals surface area contributed by atoms with E-state index >= 15 is 0 Å². The second kappa shape index (κ2) is 10.7. The monoisotopic (exact) mass is 443 g/mol. The zero-order valence-corrected chi connectivity index (χ0v) is 19.5. The van der Waals surface area contributed by atoms with Crippen LogP contribution in [0.3, 0.4) is 0 Å². The van der Waals surface area contributed by atoms with E-state index in [1.807, 2.05) is 51.4 Å². The SMILES string of the molecule is CCNC(=NCc1ccccc1S(=O)(=O)N1CCN(C)CC1)N(C)Cc1ccccc1. The highest BCUT2D eigenvalue weighted by atomic mass is 32.2. The van der Waals surface area contributed by atoms with Crippen molar-refractivity contribution in [3.05, 3.63) is 65.7 Å². The summed E-state index contributed by atoms with van der Waals surface area (Å²) in [6.07, 6.45) is 0. The lowest BCUT2D eigenvalue weighted by Gasteiger charge is -2.32. The molecule has 31 heavy (non-hydrogen) atoms. The van der Waals surface area contributed by atoms with Crippen LogP contribution in [0.25, 0.3) is 0 Å². The molecular weight excluding hydrogens is 410 g/mol. The van der Waals surface area contributed by atoms with E-state index in [9.17, 15) is 8.42 Å². The van der Waals surface area contributed by atoms with Crippen molar-refractivity contribution in [2.75, 3.05) is 46.8 Å². The van der Waals surface area contributed by atoms with Crippen LogP contribution >= 0.6 is 0 Å². The van der Waals surface area contributed by atoms with E-state index in [0.29, 0.717) is 36.6 Å². The molecule has 0 aliphatic carbocycles. The van der Waals surface area contributed by atoms with Crippen molar-refractivity contribution < 1.29 is 8.42 Å². The summed E-state index contributed by atoms with van der Waals surface area (Å²) in [7, 11) is 0.460. The van der Waals surface area contributed by atoms with Gasteiger partial charge in [0, 0.05) is 46.3 Å². The van der Waals surface area contributed by atoms with Gasteiger partial charge in [-0.15, -0.1) is 0 Å². The third kappa shape index (κ3) is 6.06. The zero-order valence-electron chi connectivity index (χ0n) is 18.7. The summed E-state index contributed by atoms with van der Waals surface area (Å²) >= 11 is 0. The van der Waals surface area contributed by atoms with Crippen molar-refractivity contribution in [1.82, 2.24) is 19.4 Å². The highest BCUT2D eigenvalue weighted by molar-refractivity contribution is 7.89. The van der Waals surface area contributed by atoms with E-state index < -0.39 is 10.0 Å². The van der Waals surface area contributed by atoms with Gasteiger partial charge in [-0.2, -0.15) is 4.31 Å². The third-order valence-electron chi connectivity index (χ3n) is 5.41. The Morgan fingerprint density at radius 2 is 1.68 bits per heavy atom. The van der Waals surface area contributed by atoms with Crippen LogP contribution in [0.4, 0.5) is 0 Å². The van der Waals surface area contributed by atoms with Gasteiger partial charge < -0.3 is 15.1 Å². The molecular formula is C23H33N5O2S. The number of hydrogen-bond donors (Lipinski definition) is 1. The topological polar surface area (TPSA) is 68.2 Å². The molecule has 0 aromatic heterocycles. The maximum Gasteiger partial charge on any atom is 0.243 e. The minimum absolute atomic E-state index is 0.296. The Kier molecular flexibility index (Phi) is 8.06. The molecule has 168 valence electrons. The fourth-order valence-electron chi connectivity index (χ4n) is 3.62. The lowest BCUT2D eigenvalue weighted by atomic mass is 10.2. The molecule has 0 atom stereocenters. The minimum atomic E-state index is -3.54. The molecule has 2 aromatic carbocycles. The van der Waals surface area contributed by atoms with Crippen LogP contribution in [-0.4, -0.2) is 75.3 Å². The molecule has 1 saturated heterocycles.